The van der Waals surface area contributed by atoms with Gasteiger partial charge in [0.1, 0.15) is 3.23 Å². The van der Waals surface area contributed by atoms with Crippen molar-refractivity contribution in [3.05, 3.63) is 53.0 Å². The molecule has 1 aromatic carbocycles. The second-order valence-corrected chi connectivity index (χ2v) is 11.3. The first kappa shape index (κ1) is 19.5. The zero-order valence-electron chi connectivity index (χ0n) is 11.6. The molecular weight excluding hydrogens is 492 g/mol. The molecule has 0 aliphatic heterocycles. The van der Waals surface area contributed by atoms with E-state index in [0.29, 0.717) is 0 Å². The van der Waals surface area contributed by atoms with Crippen LogP contribution in [0.25, 0.3) is 0 Å². The van der Waals surface area contributed by atoms with Crippen molar-refractivity contribution < 1.29 is 30.7 Å². The molecule has 0 fully saturated rings. The molecule has 0 radical (unpaired) electrons. The van der Waals surface area contributed by atoms with Gasteiger partial charge in [0, 0.05) is 5.56 Å². The molecule has 11 heteroatoms. The van der Waals surface area contributed by atoms with Gasteiger partial charge < -0.3 is 0 Å². The molecule has 0 saturated carbocycles. The van der Waals surface area contributed by atoms with Gasteiger partial charge in [-0.05, 0) is 12.1 Å². The lowest BCUT2D eigenvalue weighted by Crippen LogP contribution is -2.26. The number of allylic oxidation sites excluding steroid dienone is 4. The fraction of sp³-hybridized carbons (Fsp3) is 0.154. The quantitative estimate of drug-likeness (QED) is 0.281. The van der Waals surface area contributed by atoms with Crippen LogP contribution < -0.4 is 0 Å². The number of carbonyl (C=O) groups excluding carboxylic acids is 1. The Morgan fingerprint density at radius 1 is 1.08 bits per heavy atom. The molecule has 1 unspecified atom stereocenters. The van der Waals surface area contributed by atoms with E-state index in [-0.39, 0.29) is 5.56 Å². The first-order chi connectivity index (χ1) is 10.8. The molecule has 24 heavy (non-hydrogen) atoms. The van der Waals surface area contributed by atoms with E-state index in [1.165, 1.54) is 24.3 Å². The number of halogens is 2. The lowest BCUT2D eigenvalue weighted by atomic mass is 9.93. The second-order valence-electron chi connectivity index (χ2n) is 4.88. The zero-order valence-corrected chi connectivity index (χ0v) is 16.4. The number of ketones is 1. The van der Waals surface area contributed by atoms with Gasteiger partial charge in [-0.1, -0.05) is 62.2 Å². The Morgan fingerprint density at radius 3 is 2.25 bits per heavy atom. The molecule has 0 spiro atoms. The molecular formula is C13H10Br2O7S2. The average molecular weight is 502 g/mol. The van der Waals surface area contributed by atoms with E-state index in [4.69, 9.17) is 4.55 Å². The van der Waals surface area contributed by atoms with Crippen molar-refractivity contribution in [1.82, 2.24) is 0 Å². The molecule has 2 N–H and O–H groups in total. The Hall–Kier alpha value is -0.850. The van der Waals surface area contributed by atoms with Crippen molar-refractivity contribution in [3.8, 4) is 0 Å². The number of Topliss-reactive ketones (excluding diaryl/α,β-unsaturated/α-hetero) is 1. The summed E-state index contributed by atoms with van der Waals surface area (Å²) in [4.78, 5) is 11.6. The van der Waals surface area contributed by atoms with Gasteiger partial charge in [0.05, 0.1) is 15.7 Å². The maximum absolute atomic E-state index is 12.5. The molecule has 0 heterocycles. The molecule has 7 nitrogen and oxygen atoms in total. The Labute approximate surface area is 155 Å². The third kappa shape index (κ3) is 4.21. The number of rotatable bonds is 4. The minimum Gasteiger partial charge on any atom is -0.293 e. The Bertz CT molecular complexity index is 960. The predicted octanol–water partition coefficient (Wildman–Crippen LogP) is 2.56. The second kappa shape index (κ2) is 6.46. The van der Waals surface area contributed by atoms with Crippen molar-refractivity contribution in [2.24, 2.45) is 5.92 Å². The smallest absolute Gasteiger partial charge is 0.293 e. The van der Waals surface area contributed by atoms with Crippen molar-refractivity contribution >= 4 is 57.9 Å². The van der Waals surface area contributed by atoms with Crippen LogP contribution in [0.5, 0.6) is 0 Å². The number of benzene rings is 1. The highest BCUT2D eigenvalue weighted by Crippen LogP contribution is 2.42. The van der Waals surface area contributed by atoms with Gasteiger partial charge in [-0.3, -0.25) is 13.9 Å². The molecule has 1 aliphatic rings. The summed E-state index contributed by atoms with van der Waals surface area (Å²) in [6.07, 6.45) is 3.76. The van der Waals surface area contributed by atoms with Crippen LogP contribution in [-0.4, -0.2) is 35.0 Å². The first-order valence-electron chi connectivity index (χ1n) is 6.21. The summed E-state index contributed by atoms with van der Waals surface area (Å²) < 4.78 is 62.2. The van der Waals surface area contributed by atoms with Crippen LogP contribution >= 0.6 is 31.9 Å². The van der Waals surface area contributed by atoms with Crippen LogP contribution in [0.3, 0.4) is 0 Å². The van der Waals surface area contributed by atoms with E-state index in [1.807, 2.05) is 0 Å². The maximum atomic E-state index is 12.5. The fourth-order valence-electron chi connectivity index (χ4n) is 2.06. The summed E-state index contributed by atoms with van der Waals surface area (Å²) in [7, 11) is -9.06. The van der Waals surface area contributed by atoms with Gasteiger partial charge in [0.15, 0.2) is 5.78 Å². The summed E-state index contributed by atoms with van der Waals surface area (Å²) in [5.41, 5.74) is -0.0395. The highest BCUT2D eigenvalue weighted by molar-refractivity contribution is 9.25. The van der Waals surface area contributed by atoms with E-state index in [0.717, 1.165) is 18.2 Å². The zero-order chi connectivity index (χ0) is 18.3. The van der Waals surface area contributed by atoms with Crippen LogP contribution in [-0.2, 0) is 20.2 Å². The topological polar surface area (TPSA) is 126 Å². The normalized spacial score (nSPS) is 20.5. The fourth-order valence-corrected chi connectivity index (χ4v) is 5.11. The Kier molecular flexibility index (Phi) is 5.25. The molecule has 0 saturated heterocycles. The Morgan fingerprint density at radius 2 is 1.71 bits per heavy atom. The predicted molar refractivity (Wildman–Crippen MR) is 93.4 cm³/mol. The molecule has 130 valence electrons. The monoisotopic (exact) mass is 500 g/mol. The third-order valence-electron chi connectivity index (χ3n) is 3.17. The first-order valence-corrected chi connectivity index (χ1v) is 10.7. The van der Waals surface area contributed by atoms with E-state index in [1.54, 1.807) is 0 Å². The molecule has 1 aliphatic carbocycles. The highest BCUT2D eigenvalue weighted by Gasteiger charge is 2.38. The van der Waals surface area contributed by atoms with Gasteiger partial charge >= 0.3 is 0 Å². The van der Waals surface area contributed by atoms with Gasteiger partial charge in [-0.25, -0.2) is 0 Å². The highest BCUT2D eigenvalue weighted by atomic mass is 79.9. The average Bonchev–Trinajstić information content (AvgIpc) is 2.44. The summed E-state index contributed by atoms with van der Waals surface area (Å²) >= 11 is 6.13. The van der Waals surface area contributed by atoms with Crippen molar-refractivity contribution in [3.63, 3.8) is 0 Å². The molecule has 0 aromatic heterocycles. The maximum Gasteiger partial charge on any atom is 0.294 e. The SMILES string of the molecule is O=C(c1cccc(S(=O)(=O)O)c1)C1C=CC(Br)(Br)C(S(=O)(=O)O)=C1. The van der Waals surface area contributed by atoms with Crippen molar-refractivity contribution in [2.45, 2.75) is 8.13 Å². The van der Waals surface area contributed by atoms with Crippen molar-refractivity contribution in [1.29, 1.82) is 0 Å². The number of hydrogen-bond donors (Lipinski definition) is 2. The number of hydrogen-bond acceptors (Lipinski definition) is 5. The minimum absolute atomic E-state index is 0.0395. The van der Waals surface area contributed by atoms with Gasteiger partial charge in [0.2, 0.25) is 0 Å². The summed E-state index contributed by atoms with van der Waals surface area (Å²) in [6, 6.07) is 4.70. The van der Waals surface area contributed by atoms with Crippen LogP contribution in [0.4, 0.5) is 0 Å². The molecule has 2 rings (SSSR count). The largest absolute Gasteiger partial charge is 0.294 e. The molecule has 1 aromatic rings. The summed E-state index contributed by atoms with van der Waals surface area (Å²) in [5, 5.41) is 0. The summed E-state index contributed by atoms with van der Waals surface area (Å²) in [5.74, 6) is -1.64. The van der Waals surface area contributed by atoms with E-state index in [9.17, 15) is 26.2 Å². The Balaban J connectivity index is 2.47. The molecule has 0 amide bonds. The van der Waals surface area contributed by atoms with Crippen LogP contribution in [0.2, 0.25) is 0 Å². The van der Waals surface area contributed by atoms with Crippen molar-refractivity contribution in [2.75, 3.05) is 0 Å². The van der Waals surface area contributed by atoms with Gasteiger partial charge in [-0.15, -0.1) is 0 Å². The van der Waals surface area contributed by atoms with Gasteiger partial charge in [-0.2, -0.15) is 16.8 Å². The number of carbonyl (C=O) groups is 1. The standard InChI is InChI=1S/C13H10Br2O7S2/c14-13(15)5-4-9(7-11(13)24(20,21)22)12(16)8-2-1-3-10(6-8)23(17,18)19/h1-7,9H,(H,17,18,19)(H,20,21,22). The molecule has 0 bridgehead atoms. The van der Waals surface area contributed by atoms with E-state index >= 15 is 0 Å². The lowest BCUT2D eigenvalue weighted by Gasteiger charge is -2.24. The number of alkyl halides is 2. The van der Waals surface area contributed by atoms with E-state index < -0.39 is 45.0 Å². The molecule has 1 atom stereocenters. The van der Waals surface area contributed by atoms with Crippen LogP contribution in [0.15, 0.2) is 52.3 Å². The lowest BCUT2D eigenvalue weighted by molar-refractivity contribution is 0.0964. The van der Waals surface area contributed by atoms with Gasteiger partial charge in [0.25, 0.3) is 20.2 Å². The minimum atomic E-state index is -4.59. The van der Waals surface area contributed by atoms with Crippen LogP contribution in [0.1, 0.15) is 10.4 Å². The summed E-state index contributed by atoms with van der Waals surface area (Å²) in [6.45, 7) is 0. The van der Waals surface area contributed by atoms with Crippen LogP contribution in [0, 0.1) is 5.92 Å². The van der Waals surface area contributed by atoms with E-state index in [2.05, 4.69) is 31.9 Å². The third-order valence-corrected chi connectivity index (χ3v) is 6.94.